The Bertz CT molecular complexity index is 1240. The molecule has 162 valence electrons. The number of nitrogens with one attached hydrogen (secondary N) is 1. The van der Waals surface area contributed by atoms with Gasteiger partial charge in [0.05, 0.1) is 16.3 Å². The highest BCUT2D eigenvalue weighted by molar-refractivity contribution is 8.00. The molecule has 5 rings (SSSR count). The molecular weight excluding hydrogens is 426 g/mol. The van der Waals surface area contributed by atoms with Crippen molar-refractivity contribution >= 4 is 39.2 Å². The molecule has 1 aromatic carbocycles. The topological polar surface area (TPSA) is 64.0 Å². The Morgan fingerprint density at radius 3 is 2.81 bits per heavy atom. The second-order valence-corrected chi connectivity index (χ2v) is 11.2. The smallest absolute Gasteiger partial charge is 0.267 e. The van der Waals surface area contributed by atoms with E-state index in [0.29, 0.717) is 11.2 Å². The summed E-state index contributed by atoms with van der Waals surface area (Å²) in [6, 6.07) is 6.46. The zero-order valence-corrected chi connectivity index (χ0v) is 19.8. The minimum absolute atomic E-state index is 0.00426. The lowest BCUT2D eigenvalue weighted by atomic mass is 9.97. The van der Waals surface area contributed by atoms with Crippen LogP contribution in [0, 0.1) is 13.8 Å². The Morgan fingerprint density at radius 1 is 1.26 bits per heavy atom. The summed E-state index contributed by atoms with van der Waals surface area (Å²) >= 11 is 3.04. The van der Waals surface area contributed by atoms with Crippen LogP contribution in [0.2, 0.25) is 0 Å². The summed E-state index contributed by atoms with van der Waals surface area (Å²) in [5.74, 6) is 0.0137. The molecule has 1 unspecified atom stereocenters. The average molecular weight is 454 g/mol. The minimum Gasteiger partial charge on any atom is -0.352 e. The van der Waals surface area contributed by atoms with Crippen molar-refractivity contribution in [3.8, 4) is 5.69 Å². The van der Waals surface area contributed by atoms with Crippen molar-refractivity contribution in [2.24, 2.45) is 0 Å². The Labute approximate surface area is 190 Å². The van der Waals surface area contributed by atoms with E-state index in [0.717, 1.165) is 59.1 Å². The van der Waals surface area contributed by atoms with Crippen molar-refractivity contribution in [2.45, 2.75) is 75.7 Å². The van der Waals surface area contributed by atoms with Crippen molar-refractivity contribution in [1.29, 1.82) is 0 Å². The van der Waals surface area contributed by atoms with Crippen LogP contribution >= 0.6 is 23.1 Å². The van der Waals surface area contributed by atoms with E-state index in [4.69, 9.17) is 4.98 Å². The van der Waals surface area contributed by atoms with Gasteiger partial charge >= 0.3 is 0 Å². The molecule has 1 fully saturated rings. The first-order chi connectivity index (χ1) is 14.9. The number of fused-ring (bicyclic) bond motifs is 3. The van der Waals surface area contributed by atoms with Crippen molar-refractivity contribution in [1.82, 2.24) is 14.9 Å². The standard InChI is InChI=1S/C24H27N3O2S2/c1-13-8-9-14(2)18(12-13)27-23(29)20-17-6-4-5-7-19(17)31-22(20)26-24(27)30-15(3)21(28)25-16-10-11-16/h8-9,12,15-16H,4-7,10-11H2,1-3H3,(H,25,28). The van der Waals surface area contributed by atoms with Crippen LogP contribution in [0.1, 0.15) is 54.2 Å². The zero-order valence-electron chi connectivity index (χ0n) is 18.2. The molecule has 2 aromatic heterocycles. The van der Waals surface area contributed by atoms with Crippen LogP contribution in [0.3, 0.4) is 0 Å². The largest absolute Gasteiger partial charge is 0.352 e. The molecule has 2 aliphatic rings. The van der Waals surface area contributed by atoms with E-state index in [1.165, 1.54) is 28.6 Å². The highest BCUT2D eigenvalue weighted by Gasteiger charge is 2.28. The molecule has 1 saturated carbocycles. The number of aryl methyl sites for hydroxylation is 4. The van der Waals surface area contributed by atoms with E-state index in [1.807, 2.05) is 32.9 Å². The highest BCUT2D eigenvalue weighted by Crippen LogP contribution is 2.36. The summed E-state index contributed by atoms with van der Waals surface area (Å²) in [6.07, 6.45) is 6.39. The Kier molecular flexibility index (Phi) is 5.42. The van der Waals surface area contributed by atoms with Gasteiger partial charge < -0.3 is 5.32 Å². The van der Waals surface area contributed by atoms with E-state index >= 15 is 0 Å². The predicted octanol–water partition coefficient (Wildman–Crippen LogP) is 4.70. The third-order valence-electron chi connectivity index (χ3n) is 6.14. The van der Waals surface area contributed by atoms with Crippen molar-refractivity contribution in [3.05, 3.63) is 50.1 Å². The molecule has 1 N–H and O–H groups in total. The summed E-state index contributed by atoms with van der Waals surface area (Å²) in [5.41, 5.74) is 4.16. The molecule has 0 aliphatic heterocycles. The second kappa shape index (κ2) is 8.10. The van der Waals surface area contributed by atoms with Gasteiger partial charge in [0.25, 0.3) is 5.56 Å². The molecule has 1 amide bonds. The monoisotopic (exact) mass is 453 g/mol. The molecule has 0 saturated heterocycles. The van der Waals surface area contributed by atoms with Gasteiger partial charge in [0, 0.05) is 10.9 Å². The van der Waals surface area contributed by atoms with Crippen LogP contribution in [0.5, 0.6) is 0 Å². The normalized spacial score (nSPS) is 16.9. The van der Waals surface area contributed by atoms with Gasteiger partial charge in [0.15, 0.2) is 5.16 Å². The fourth-order valence-electron chi connectivity index (χ4n) is 4.20. The van der Waals surface area contributed by atoms with Crippen LogP contribution in [0.25, 0.3) is 15.9 Å². The average Bonchev–Trinajstić information content (AvgIpc) is 3.47. The number of thioether (sulfide) groups is 1. The maximum Gasteiger partial charge on any atom is 0.267 e. The molecule has 5 nitrogen and oxygen atoms in total. The first-order valence-electron chi connectivity index (χ1n) is 11.0. The number of nitrogens with zero attached hydrogens (tertiary/aromatic N) is 2. The zero-order chi connectivity index (χ0) is 21.7. The SMILES string of the molecule is Cc1ccc(C)c(-n2c(SC(C)C(=O)NC3CC3)nc3sc4c(c3c2=O)CCCC4)c1. The van der Waals surface area contributed by atoms with E-state index < -0.39 is 0 Å². The molecule has 3 aromatic rings. The van der Waals surface area contributed by atoms with Gasteiger partial charge in [-0.05, 0) is 82.1 Å². The quantitative estimate of drug-likeness (QED) is 0.449. The van der Waals surface area contributed by atoms with Gasteiger partial charge in [0.1, 0.15) is 4.83 Å². The van der Waals surface area contributed by atoms with E-state index in [1.54, 1.807) is 15.9 Å². The second-order valence-electron chi connectivity index (χ2n) is 8.76. The molecule has 2 aliphatic carbocycles. The fraction of sp³-hybridized carbons (Fsp3) is 0.458. The van der Waals surface area contributed by atoms with Crippen LogP contribution in [0.4, 0.5) is 0 Å². The number of carbonyl (C=O) groups excluding carboxylic acids is 1. The fourth-order valence-corrected chi connectivity index (χ4v) is 6.43. The lowest BCUT2D eigenvalue weighted by molar-refractivity contribution is -0.120. The Hall–Kier alpha value is -2.12. The van der Waals surface area contributed by atoms with Crippen LogP contribution in [-0.4, -0.2) is 26.8 Å². The van der Waals surface area contributed by atoms with Gasteiger partial charge in [-0.25, -0.2) is 4.98 Å². The van der Waals surface area contributed by atoms with Crippen molar-refractivity contribution in [2.75, 3.05) is 0 Å². The van der Waals surface area contributed by atoms with Gasteiger partial charge in [-0.3, -0.25) is 14.2 Å². The van der Waals surface area contributed by atoms with E-state index in [-0.39, 0.29) is 16.7 Å². The number of rotatable bonds is 5. The summed E-state index contributed by atoms with van der Waals surface area (Å²) < 4.78 is 1.75. The summed E-state index contributed by atoms with van der Waals surface area (Å²) in [6.45, 7) is 5.95. The van der Waals surface area contributed by atoms with E-state index in [2.05, 4.69) is 11.4 Å². The van der Waals surface area contributed by atoms with Gasteiger partial charge in [-0.1, -0.05) is 23.9 Å². The van der Waals surface area contributed by atoms with Crippen LogP contribution < -0.4 is 10.9 Å². The van der Waals surface area contributed by atoms with E-state index in [9.17, 15) is 9.59 Å². The number of carbonyl (C=O) groups is 1. The summed E-state index contributed by atoms with van der Waals surface area (Å²) in [7, 11) is 0. The molecule has 0 spiro atoms. The third kappa shape index (κ3) is 3.94. The Balaban J connectivity index is 1.68. The molecule has 7 heteroatoms. The molecule has 1 atom stereocenters. The molecule has 2 heterocycles. The first kappa shape index (κ1) is 20.8. The number of benzene rings is 1. The maximum absolute atomic E-state index is 13.9. The molecule has 0 radical (unpaired) electrons. The third-order valence-corrected chi connectivity index (χ3v) is 8.38. The Morgan fingerprint density at radius 2 is 2.03 bits per heavy atom. The number of hydrogen-bond acceptors (Lipinski definition) is 5. The number of thiophene rings is 1. The minimum atomic E-state index is -0.323. The van der Waals surface area contributed by atoms with Gasteiger partial charge in [-0.2, -0.15) is 0 Å². The maximum atomic E-state index is 13.9. The molecule has 31 heavy (non-hydrogen) atoms. The van der Waals surface area contributed by atoms with Crippen molar-refractivity contribution in [3.63, 3.8) is 0 Å². The highest BCUT2D eigenvalue weighted by atomic mass is 32.2. The predicted molar refractivity (Wildman–Crippen MR) is 128 cm³/mol. The number of amides is 1. The number of aromatic nitrogens is 2. The first-order valence-corrected chi connectivity index (χ1v) is 12.7. The number of hydrogen-bond donors (Lipinski definition) is 1. The molecule has 0 bridgehead atoms. The van der Waals surface area contributed by atoms with Crippen LogP contribution in [-0.2, 0) is 17.6 Å². The summed E-state index contributed by atoms with van der Waals surface area (Å²) in [5, 5.41) is 4.13. The van der Waals surface area contributed by atoms with Crippen LogP contribution in [0.15, 0.2) is 28.2 Å². The lowest BCUT2D eigenvalue weighted by Gasteiger charge is -2.18. The van der Waals surface area contributed by atoms with Gasteiger partial charge in [0.2, 0.25) is 5.91 Å². The lowest BCUT2D eigenvalue weighted by Crippen LogP contribution is -2.33. The summed E-state index contributed by atoms with van der Waals surface area (Å²) in [4.78, 5) is 33.6. The molecular formula is C24H27N3O2S2. The van der Waals surface area contributed by atoms with Crippen molar-refractivity contribution < 1.29 is 4.79 Å². The van der Waals surface area contributed by atoms with Gasteiger partial charge in [-0.15, -0.1) is 11.3 Å².